The van der Waals surface area contributed by atoms with Gasteiger partial charge < -0.3 is 15.4 Å². The third kappa shape index (κ3) is 4.98. The van der Waals surface area contributed by atoms with E-state index in [2.05, 4.69) is 20.6 Å². The lowest BCUT2D eigenvalue weighted by Crippen LogP contribution is -2.14. The van der Waals surface area contributed by atoms with Gasteiger partial charge >= 0.3 is 0 Å². The Bertz CT molecular complexity index is 940. The minimum Gasteiger partial charge on any atom is -0.489 e. The van der Waals surface area contributed by atoms with Gasteiger partial charge in [-0.2, -0.15) is 0 Å². The molecule has 0 bridgehead atoms. The summed E-state index contributed by atoms with van der Waals surface area (Å²) in [5.41, 5.74) is 1.95. The Morgan fingerprint density at radius 1 is 1.04 bits per heavy atom. The smallest absolute Gasteiger partial charge is 0.275 e. The lowest BCUT2D eigenvalue weighted by Gasteiger charge is -2.09. The molecular formula is C21H19ClN4O2. The second kappa shape index (κ2) is 8.27. The number of amides is 1. The zero-order valence-corrected chi connectivity index (χ0v) is 15.8. The molecule has 0 radical (unpaired) electrons. The fourth-order valence-electron chi connectivity index (χ4n) is 2.53. The van der Waals surface area contributed by atoms with Crippen molar-refractivity contribution in [3.63, 3.8) is 0 Å². The number of benzene rings is 2. The summed E-state index contributed by atoms with van der Waals surface area (Å²) in [5, 5.41) is 6.74. The molecule has 1 saturated carbocycles. The number of nitrogens with zero attached hydrogens (tertiary/aromatic N) is 2. The first-order valence-electron chi connectivity index (χ1n) is 9.03. The zero-order chi connectivity index (χ0) is 19.3. The second-order valence-electron chi connectivity index (χ2n) is 6.60. The molecule has 1 aliphatic carbocycles. The monoisotopic (exact) mass is 394 g/mol. The number of hydrogen-bond acceptors (Lipinski definition) is 5. The Morgan fingerprint density at radius 2 is 1.79 bits per heavy atom. The van der Waals surface area contributed by atoms with Gasteiger partial charge in [-0.25, -0.2) is 9.97 Å². The van der Waals surface area contributed by atoms with E-state index in [0.29, 0.717) is 34.9 Å². The van der Waals surface area contributed by atoms with Gasteiger partial charge in [-0.3, -0.25) is 4.79 Å². The van der Waals surface area contributed by atoms with Gasteiger partial charge in [0.05, 0.1) is 12.4 Å². The number of ether oxygens (including phenoxy) is 1. The van der Waals surface area contributed by atoms with Crippen LogP contribution in [-0.2, 0) is 6.61 Å². The fourth-order valence-corrected chi connectivity index (χ4v) is 2.66. The highest BCUT2D eigenvalue weighted by atomic mass is 35.5. The molecule has 2 N–H and O–H groups in total. The quantitative estimate of drug-likeness (QED) is 0.615. The summed E-state index contributed by atoms with van der Waals surface area (Å²) >= 11 is 5.88. The molecule has 1 aromatic heterocycles. The average molecular weight is 395 g/mol. The summed E-state index contributed by atoms with van der Waals surface area (Å²) in [5.74, 6) is 1.10. The molecule has 3 aromatic rings. The van der Waals surface area contributed by atoms with Gasteiger partial charge in [0.25, 0.3) is 5.91 Å². The van der Waals surface area contributed by atoms with Crippen molar-refractivity contribution in [2.75, 3.05) is 10.6 Å². The minimum atomic E-state index is -0.305. The summed E-state index contributed by atoms with van der Waals surface area (Å²) < 4.78 is 5.74. The lowest BCUT2D eigenvalue weighted by atomic mass is 10.2. The molecule has 142 valence electrons. The number of halogens is 1. The summed E-state index contributed by atoms with van der Waals surface area (Å²) in [4.78, 5) is 20.7. The largest absolute Gasteiger partial charge is 0.489 e. The van der Waals surface area contributed by atoms with Gasteiger partial charge in [-0.05, 0) is 54.8 Å². The lowest BCUT2D eigenvalue weighted by molar-refractivity contribution is 0.102. The van der Waals surface area contributed by atoms with E-state index in [4.69, 9.17) is 16.3 Å². The van der Waals surface area contributed by atoms with E-state index in [1.807, 2.05) is 24.3 Å². The summed E-state index contributed by atoms with van der Waals surface area (Å²) in [6, 6.07) is 15.2. The Balaban J connectivity index is 1.30. The first-order chi connectivity index (χ1) is 13.7. The molecule has 0 aliphatic heterocycles. The van der Waals surface area contributed by atoms with E-state index in [0.717, 1.165) is 18.4 Å². The van der Waals surface area contributed by atoms with Crippen molar-refractivity contribution in [1.29, 1.82) is 0 Å². The number of nitrogens with one attached hydrogen (secondary N) is 2. The Labute approximate surface area is 167 Å². The molecule has 0 spiro atoms. The molecule has 1 fully saturated rings. The number of aromatic nitrogens is 2. The minimum absolute atomic E-state index is 0.268. The van der Waals surface area contributed by atoms with Crippen molar-refractivity contribution in [3.8, 4) is 5.75 Å². The van der Waals surface area contributed by atoms with Gasteiger partial charge in [-0.1, -0.05) is 23.7 Å². The van der Waals surface area contributed by atoms with E-state index in [1.54, 1.807) is 30.5 Å². The van der Waals surface area contributed by atoms with Crippen LogP contribution in [-0.4, -0.2) is 21.9 Å². The SMILES string of the molecule is O=C(Nc1ccc(OCc2ccc(Cl)cc2)cc1)c1cnc(NC2CC2)cn1. The summed E-state index contributed by atoms with van der Waals surface area (Å²) in [6.45, 7) is 0.444. The normalized spacial score (nSPS) is 13.0. The summed E-state index contributed by atoms with van der Waals surface area (Å²) in [6.07, 6.45) is 5.37. The maximum Gasteiger partial charge on any atom is 0.275 e. The Kier molecular flexibility index (Phi) is 5.39. The van der Waals surface area contributed by atoms with Crippen LogP contribution in [0.3, 0.4) is 0 Å². The molecule has 28 heavy (non-hydrogen) atoms. The first-order valence-corrected chi connectivity index (χ1v) is 9.41. The fraction of sp³-hybridized carbons (Fsp3) is 0.190. The number of hydrogen-bond donors (Lipinski definition) is 2. The number of carbonyl (C=O) groups excluding carboxylic acids is 1. The second-order valence-corrected chi connectivity index (χ2v) is 7.04. The molecule has 1 aliphatic rings. The van der Waals surface area contributed by atoms with Crippen molar-refractivity contribution < 1.29 is 9.53 Å². The zero-order valence-electron chi connectivity index (χ0n) is 15.1. The maximum atomic E-state index is 12.3. The van der Waals surface area contributed by atoms with Crippen molar-refractivity contribution >= 4 is 29.0 Å². The van der Waals surface area contributed by atoms with Crippen LogP contribution < -0.4 is 15.4 Å². The number of carbonyl (C=O) groups is 1. The van der Waals surface area contributed by atoms with Gasteiger partial charge in [0.2, 0.25) is 0 Å². The molecule has 6 nitrogen and oxygen atoms in total. The van der Waals surface area contributed by atoms with E-state index < -0.39 is 0 Å². The predicted octanol–water partition coefficient (Wildman–Crippen LogP) is 4.54. The molecule has 1 amide bonds. The number of anilines is 2. The Hall–Kier alpha value is -3.12. The molecular weight excluding hydrogens is 376 g/mol. The molecule has 0 unspecified atom stereocenters. The van der Waals surface area contributed by atoms with Gasteiger partial charge in [0.15, 0.2) is 0 Å². The van der Waals surface area contributed by atoms with Crippen LogP contribution in [0.25, 0.3) is 0 Å². The third-order valence-electron chi connectivity index (χ3n) is 4.24. The molecule has 0 atom stereocenters. The van der Waals surface area contributed by atoms with Crippen molar-refractivity contribution in [2.45, 2.75) is 25.5 Å². The van der Waals surface area contributed by atoms with Gasteiger partial charge in [-0.15, -0.1) is 0 Å². The van der Waals surface area contributed by atoms with Crippen LogP contribution in [0.2, 0.25) is 5.02 Å². The van der Waals surface area contributed by atoms with E-state index in [9.17, 15) is 4.79 Å². The Morgan fingerprint density at radius 3 is 2.43 bits per heavy atom. The van der Waals surface area contributed by atoms with Gasteiger partial charge in [0, 0.05) is 16.8 Å². The third-order valence-corrected chi connectivity index (χ3v) is 4.50. The van der Waals surface area contributed by atoms with Crippen molar-refractivity contribution in [1.82, 2.24) is 9.97 Å². The van der Waals surface area contributed by atoms with E-state index in [-0.39, 0.29) is 11.6 Å². The van der Waals surface area contributed by atoms with Crippen LogP contribution >= 0.6 is 11.6 Å². The van der Waals surface area contributed by atoms with Crippen LogP contribution in [0.1, 0.15) is 28.9 Å². The van der Waals surface area contributed by atoms with Crippen LogP contribution in [0, 0.1) is 0 Å². The van der Waals surface area contributed by atoms with E-state index in [1.165, 1.54) is 6.20 Å². The summed E-state index contributed by atoms with van der Waals surface area (Å²) in [7, 11) is 0. The van der Waals surface area contributed by atoms with Crippen LogP contribution in [0.5, 0.6) is 5.75 Å². The maximum absolute atomic E-state index is 12.3. The molecule has 1 heterocycles. The van der Waals surface area contributed by atoms with E-state index >= 15 is 0 Å². The van der Waals surface area contributed by atoms with Crippen LogP contribution in [0.4, 0.5) is 11.5 Å². The molecule has 4 rings (SSSR count). The topological polar surface area (TPSA) is 76.1 Å². The van der Waals surface area contributed by atoms with Crippen molar-refractivity contribution in [3.05, 3.63) is 77.2 Å². The highest BCUT2D eigenvalue weighted by Gasteiger charge is 2.21. The van der Waals surface area contributed by atoms with Crippen LogP contribution in [0.15, 0.2) is 60.9 Å². The van der Waals surface area contributed by atoms with Gasteiger partial charge in [0.1, 0.15) is 23.9 Å². The standard InChI is InChI=1S/C21H19ClN4O2/c22-15-3-1-14(2-4-15)13-28-18-9-7-17(8-10-18)26-21(27)19-11-24-20(12-23-19)25-16-5-6-16/h1-4,7-12,16H,5-6,13H2,(H,24,25)(H,26,27). The predicted molar refractivity (Wildman–Crippen MR) is 109 cm³/mol. The molecule has 0 saturated heterocycles. The first kappa shape index (κ1) is 18.3. The molecule has 7 heteroatoms. The highest BCUT2D eigenvalue weighted by molar-refractivity contribution is 6.30. The molecule has 2 aromatic carbocycles. The number of rotatable bonds is 7. The van der Waals surface area contributed by atoms with Crippen molar-refractivity contribution in [2.24, 2.45) is 0 Å². The highest BCUT2D eigenvalue weighted by Crippen LogP contribution is 2.23. The average Bonchev–Trinajstić information content (AvgIpc) is 3.53.